The fourth-order valence-corrected chi connectivity index (χ4v) is 4.66. The third-order valence-electron chi connectivity index (χ3n) is 3.93. The second-order valence-electron chi connectivity index (χ2n) is 5.42. The van der Waals surface area contributed by atoms with E-state index < -0.39 is 9.84 Å². The van der Waals surface area contributed by atoms with Gasteiger partial charge in [-0.2, -0.15) is 13.3 Å². The van der Waals surface area contributed by atoms with Crippen molar-refractivity contribution in [3.63, 3.8) is 0 Å². The van der Waals surface area contributed by atoms with Crippen LogP contribution in [0.2, 0.25) is 0 Å². The Kier molecular flexibility index (Phi) is 6.92. The molecule has 3 heterocycles. The summed E-state index contributed by atoms with van der Waals surface area (Å²) in [6, 6.07) is 1.57. The summed E-state index contributed by atoms with van der Waals surface area (Å²) in [4.78, 5) is 4.53. The molecule has 140 valence electrons. The Morgan fingerprint density at radius 2 is 1.84 bits per heavy atom. The first-order chi connectivity index (χ1) is 11.9. The molecule has 0 bridgehead atoms. The van der Waals surface area contributed by atoms with Gasteiger partial charge in [0.2, 0.25) is 0 Å². The molecule has 25 heavy (non-hydrogen) atoms. The fourth-order valence-electron chi connectivity index (χ4n) is 2.68. The van der Waals surface area contributed by atoms with Crippen molar-refractivity contribution in [1.29, 1.82) is 0 Å². The molecule has 0 aromatic carbocycles. The average Bonchev–Trinajstić information content (AvgIpc) is 2.99. The summed E-state index contributed by atoms with van der Waals surface area (Å²) < 4.78 is 51.3. The number of aryl methyl sites for hydroxylation is 1. The molecule has 0 saturated carbocycles. The van der Waals surface area contributed by atoms with Crippen molar-refractivity contribution in [2.45, 2.75) is 39.5 Å². The van der Waals surface area contributed by atoms with Gasteiger partial charge in [0.1, 0.15) is 9.84 Å². The highest BCUT2D eigenvalue weighted by molar-refractivity contribution is 8.13. The molecule has 3 rings (SSSR count). The Morgan fingerprint density at radius 1 is 1.24 bits per heavy atom. The number of nitrogens with zero attached hydrogens (tertiary/aromatic N) is 4. The van der Waals surface area contributed by atoms with E-state index >= 15 is 0 Å². The molecule has 0 spiro atoms. The summed E-state index contributed by atoms with van der Waals surface area (Å²) in [7, 11) is -2.98. The summed E-state index contributed by atoms with van der Waals surface area (Å²) in [5.74, 6) is 0.383. The quantitative estimate of drug-likeness (QED) is 0.699. The van der Waals surface area contributed by atoms with Gasteiger partial charge in [0.15, 0.2) is 36.1 Å². The monoisotopic (exact) mass is 410 g/mol. The normalized spacial score (nSPS) is 17.2. The molecule has 0 unspecified atom stereocenters. The van der Waals surface area contributed by atoms with Crippen molar-refractivity contribution in [2.75, 3.05) is 15.2 Å². The van der Waals surface area contributed by atoms with Crippen LogP contribution in [0.1, 0.15) is 43.9 Å². The van der Waals surface area contributed by atoms with Crippen molar-refractivity contribution >= 4 is 46.0 Å². The minimum atomic E-state index is -2.98. The van der Waals surface area contributed by atoms with Crippen molar-refractivity contribution in [2.24, 2.45) is 0 Å². The van der Waals surface area contributed by atoms with Crippen molar-refractivity contribution < 1.29 is 16.2 Å². The minimum absolute atomic E-state index is 0.0485. The smallest absolute Gasteiger partial charge is 0.179 e. The molecule has 11 heteroatoms. The molecule has 1 fully saturated rings. The third-order valence-corrected chi connectivity index (χ3v) is 6.61. The van der Waals surface area contributed by atoms with E-state index in [1.165, 1.54) is 4.52 Å². The van der Waals surface area contributed by atoms with Gasteiger partial charge >= 0.3 is 0 Å². The Balaban J connectivity index is 0.00000109. The van der Waals surface area contributed by atoms with Crippen LogP contribution in [0, 0.1) is 6.92 Å². The minimum Gasteiger partial charge on any atom is -0.233 e. The highest BCUT2D eigenvalue weighted by Gasteiger charge is 2.27. The maximum absolute atomic E-state index is 13.0. The van der Waals surface area contributed by atoms with E-state index in [4.69, 9.17) is 0 Å². The average molecular weight is 411 g/mol. The van der Waals surface area contributed by atoms with Crippen molar-refractivity contribution in [3.05, 3.63) is 23.5 Å². The molecule has 0 radical (unpaired) electrons. The maximum Gasteiger partial charge on any atom is 0.179 e. The van der Waals surface area contributed by atoms with Gasteiger partial charge in [0.05, 0.1) is 17.7 Å². The number of halogens is 2. The molecule has 0 amide bonds. The number of aromatic nitrogens is 3. The van der Waals surface area contributed by atoms with Crippen LogP contribution < -0.4 is 3.71 Å². The van der Waals surface area contributed by atoms with Crippen molar-refractivity contribution in [3.8, 4) is 0 Å². The highest BCUT2D eigenvalue weighted by Crippen LogP contribution is 2.36. The van der Waals surface area contributed by atoms with Crippen molar-refractivity contribution in [1.82, 2.24) is 14.6 Å². The van der Waals surface area contributed by atoms with Crippen LogP contribution in [0.5, 0.6) is 0 Å². The topological polar surface area (TPSA) is 67.6 Å². The summed E-state index contributed by atoms with van der Waals surface area (Å²) >= 11 is -0.522. The van der Waals surface area contributed by atoms with Gasteiger partial charge in [-0.25, -0.2) is 13.4 Å². The summed E-state index contributed by atoms with van der Waals surface area (Å²) in [5.41, 5.74) is 1.93. The highest BCUT2D eigenvalue weighted by atomic mass is 32.3. The molecule has 0 atom stereocenters. The van der Waals surface area contributed by atoms with Crippen LogP contribution in [0.4, 0.5) is 13.6 Å². The number of hydrogen-bond donors (Lipinski definition) is 0. The molecular formula is C14H20F2N4O2S3. The van der Waals surface area contributed by atoms with E-state index in [2.05, 4.69) is 10.1 Å². The van der Waals surface area contributed by atoms with Gasteiger partial charge in [-0.05, 0) is 19.8 Å². The predicted molar refractivity (Wildman–Crippen MR) is 99.6 cm³/mol. The van der Waals surface area contributed by atoms with Gasteiger partial charge in [-0.3, -0.25) is 0 Å². The molecule has 0 aliphatic carbocycles. The van der Waals surface area contributed by atoms with Gasteiger partial charge in [0.25, 0.3) is 0 Å². The summed E-state index contributed by atoms with van der Waals surface area (Å²) in [5, 5.41) is 4.10. The van der Waals surface area contributed by atoms with Crippen LogP contribution in [0.3, 0.4) is 0 Å². The van der Waals surface area contributed by atoms with E-state index in [0.717, 1.165) is 9.27 Å². The molecule has 2 aromatic heterocycles. The second kappa shape index (κ2) is 8.54. The van der Waals surface area contributed by atoms with Gasteiger partial charge in [0, 0.05) is 23.2 Å². The Morgan fingerprint density at radius 3 is 2.40 bits per heavy atom. The molecule has 2 aromatic rings. The van der Waals surface area contributed by atoms with Crippen LogP contribution in [-0.4, -0.2) is 34.5 Å². The fraction of sp³-hybridized carbons (Fsp3) is 0.571. The van der Waals surface area contributed by atoms with Gasteiger partial charge < -0.3 is 0 Å². The first-order valence-electron chi connectivity index (χ1n) is 7.88. The van der Waals surface area contributed by atoms with Gasteiger partial charge in [-0.1, -0.05) is 13.8 Å². The van der Waals surface area contributed by atoms with E-state index in [1.54, 1.807) is 12.3 Å². The lowest BCUT2D eigenvalue weighted by atomic mass is 9.98. The van der Waals surface area contributed by atoms with E-state index in [1.807, 2.05) is 20.8 Å². The first kappa shape index (κ1) is 20.2. The number of sulfone groups is 1. The lowest BCUT2D eigenvalue weighted by Gasteiger charge is -2.23. The Hall–Kier alpha value is -1.07. The van der Waals surface area contributed by atoms with Crippen LogP contribution >= 0.6 is 24.7 Å². The first-order valence-corrected chi connectivity index (χ1v) is 11.1. The lowest BCUT2D eigenvalue weighted by Crippen LogP contribution is -2.23. The Bertz CT molecular complexity index is 811. The number of anilines is 1. The third kappa shape index (κ3) is 4.37. The largest absolute Gasteiger partial charge is 0.233 e. The lowest BCUT2D eigenvalue weighted by molar-refractivity contribution is 0.544. The van der Waals surface area contributed by atoms with E-state index in [0.29, 0.717) is 24.2 Å². The zero-order chi connectivity index (χ0) is 18.6. The molecule has 6 nitrogen and oxygen atoms in total. The van der Waals surface area contributed by atoms with E-state index in [9.17, 15) is 16.2 Å². The molecule has 1 saturated heterocycles. The second-order valence-corrected chi connectivity index (χ2v) is 8.96. The van der Waals surface area contributed by atoms with Crippen LogP contribution in [-0.2, 0) is 9.84 Å². The number of rotatable bonds is 4. The maximum atomic E-state index is 13.0. The molecule has 0 N–H and O–H groups in total. The molecular weight excluding hydrogens is 390 g/mol. The van der Waals surface area contributed by atoms with Crippen LogP contribution in [0.25, 0.3) is 5.65 Å². The summed E-state index contributed by atoms with van der Waals surface area (Å²) in [6.07, 6.45) is 2.50. The SMILES string of the molecule is CC.Cc1cnn2c(N(SF)SF)cc(C3CCS(=O)(=O)CC3)nc12. The number of fused-ring (bicyclic) bond motifs is 1. The predicted octanol–water partition coefficient (Wildman–Crippen LogP) is 4.23. The zero-order valence-corrected chi connectivity index (χ0v) is 16.6. The summed E-state index contributed by atoms with van der Waals surface area (Å²) in [6.45, 7) is 5.81. The standard InChI is InChI=1S/C12H14F2N4O2S3.C2H6/c1-8-7-15-17-11(18(21-13)22-14)6-10(16-12(8)17)9-2-4-23(19,20)5-3-9;1-2/h6-7,9H,2-5H2,1H3;1-2H3. The molecule has 1 aliphatic rings. The zero-order valence-electron chi connectivity index (χ0n) is 14.1. The number of hydrogen-bond acceptors (Lipinski definition) is 7. The van der Waals surface area contributed by atoms with E-state index in [-0.39, 0.29) is 47.9 Å². The van der Waals surface area contributed by atoms with Crippen LogP contribution in [0.15, 0.2) is 12.3 Å². The Labute approximate surface area is 155 Å². The molecule has 1 aliphatic heterocycles. The van der Waals surface area contributed by atoms with Gasteiger partial charge in [-0.15, -0.1) is 7.77 Å².